The highest BCUT2D eigenvalue weighted by molar-refractivity contribution is 7.92. The Morgan fingerprint density at radius 3 is 2.42 bits per heavy atom. The first kappa shape index (κ1) is 22.3. The summed E-state index contributed by atoms with van der Waals surface area (Å²) in [4.78, 5) is 33.5. The zero-order valence-corrected chi connectivity index (χ0v) is 18.9. The van der Waals surface area contributed by atoms with Gasteiger partial charge < -0.3 is 5.32 Å². The number of amides is 1. The summed E-state index contributed by atoms with van der Waals surface area (Å²) in [6.45, 7) is 1.56. The number of carbonyl (C=O) groups is 1. The van der Waals surface area contributed by atoms with Crippen LogP contribution in [0, 0.1) is 0 Å². The van der Waals surface area contributed by atoms with Crippen molar-refractivity contribution in [1.82, 2.24) is 19.7 Å². The Hall–Kier alpha value is -3.90. The molecule has 3 aromatic heterocycles. The van der Waals surface area contributed by atoms with Crippen molar-refractivity contribution < 1.29 is 13.2 Å². The van der Waals surface area contributed by atoms with Crippen LogP contribution in [0.4, 0.5) is 11.6 Å². The standard InChI is InChI=1S/C21H18N6O4S2/c1-14(27-19(28)10-9-17(25-27)18-4-2-13-32-18)20(29)24-15-5-7-16(8-6-15)33(30,31)26-21-22-11-3-12-23-21/h2-14H,1H3,(H,24,29)(H,22,23,26). The van der Waals surface area contributed by atoms with Crippen LogP contribution in [-0.2, 0) is 14.8 Å². The Kier molecular flexibility index (Phi) is 6.29. The summed E-state index contributed by atoms with van der Waals surface area (Å²) >= 11 is 1.48. The number of benzene rings is 1. The summed E-state index contributed by atoms with van der Waals surface area (Å²) in [5.41, 5.74) is 0.548. The van der Waals surface area contributed by atoms with Crippen molar-refractivity contribution in [3.05, 3.63) is 82.7 Å². The van der Waals surface area contributed by atoms with Gasteiger partial charge in [-0.25, -0.2) is 27.8 Å². The number of hydrogen-bond acceptors (Lipinski definition) is 8. The van der Waals surface area contributed by atoms with E-state index >= 15 is 0 Å². The van der Waals surface area contributed by atoms with Crippen molar-refractivity contribution in [2.75, 3.05) is 10.0 Å². The number of hydrogen-bond donors (Lipinski definition) is 2. The Bertz CT molecular complexity index is 1420. The van der Waals surface area contributed by atoms with E-state index in [1.165, 1.54) is 54.1 Å². The van der Waals surface area contributed by atoms with Gasteiger partial charge in [0.15, 0.2) is 0 Å². The number of thiophene rings is 1. The third kappa shape index (κ3) is 5.13. The van der Waals surface area contributed by atoms with Crippen molar-refractivity contribution in [3.63, 3.8) is 0 Å². The highest BCUT2D eigenvalue weighted by Gasteiger charge is 2.20. The first-order chi connectivity index (χ1) is 15.8. The van der Waals surface area contributed by atoms with Gasteiger partial charge in [-0.3, -0.25) is 9.59 Å². The molecule has 4 aromatic rings. The monoisotopic (exact) mass is 482 g/mol. The summed E-state index contributed by atoms with van der Waals surface area (Å²) in [5.74, 6) is -0.522. The number of anilines is 2. The van der Waals surface area contributed by atoms with Crippen LogP contribution in [0.1, 0.15) is 13.0 Å². The molecule has 12 heteroatoms. The zero-order chi connectivity index (χ0) is 23.4. The van der Waals surface area contributed by atoms with Gasteiger partial charge >= 0.3 is 0 Å². The zero-order valence-electron chi connectivity index (χ0n) is 17.2. The molecule has 3 heterocycles. The van der Waals surface area contributed by atoms with Gasteiger partial charge in [0.2, 0.25) is 11.9 Å². The van der Waals surface area contributed by atoms with E-state index in [1.54, 1.807) is 19.1 Å². The Balaban J connectivity index is 1.48. The quantitative estimate of drug-likeness (QED) is 0.413. The third-order valence-corrected chi connectivity index (χ3v) is 6.80. The first-order valence-corrected chi connectivity index (χ1v) is 12.0. The van der Waals surface area contributed by atoms with Crippen LogP contribution in [0.2, 0.25) is 0 Å². The molecule has 0 saturated heterocycles. The molecule has 1 atom stereocenters. The number of nitrogens with zero attached hydrogens (tertiary/aromatic N) is 4. The van der Waals surface area contributed by atoms with E-state index in [4.69, 9.17) is 0 Å². The lowest BCUT2D eigenvalue weighted by atomic mass is 10.2. The van der Waals surface area contributed by atoms with Crippen LogP contribution >= 0.6 is 11.3 Å². The van der Waals surface area contributed by atoms with E-state index < -0.39 is 27.5 Å². The van der Waals surface area contributed by atoms with Crippen LogP contribution in [0.3, 0.4) is 0 Å². The molecule has 0 aliphatic carbocycles. The summed E-state index contributed by atoms with van der Waals surface area (Å²) in [6, 6.07) is 13.0. The molecular weight excluding hydrogens is 464 g/mol. The molecule has 33 heavy (non-hydrogen) atoms. The minimum Gasteiger partial charge on any atom is -0.324 e. The van der Waals surface area contributed by atoms with Crippen LogP contribution in [-0.4, -0.2) is 34.1 Å². The molecule has 0 aliphatic heterocycles. The molecule has 1 aromatic carbocycles. The lowest BCUT2D eigenvalue weighted by molar-refractivity contribution is -0.119. The van der Waals surface area contributed by atoms with Crippen molar-refractivity contribution >= 4 is 38.9 Å². The van der Waals surface area contributed by atoms with Crippen molar-refractivity contribution in [1.29, 1.82) is 0 Å². The fraction of sp³-hybridized carbons (Fsp3) is 0.0952. The summed E-state index contributed by atoms with van der Waals surface area (Å²) < 4.78 is 28.3. The smallest absolute Gasteiger partial charge is 0.267 e. The molecule has 0 saturated carbocycles. The number of aromatic nitrogens is 4. The van der Waals surface area contributed by atoms with Gasteiger partial charge in [-0.05, 0) is 54.8 Å². The first-order valence-electron chi connectivity index (χ1n) is 9.68. The summed E-state index contributed by atoms with van der Waals surface area (Å²) in [6.07, 6.45) is 2.84. The third-order valence-electron chi connectivity index (χ3n) is 4.57. The van der Waals surface area contributed by atoms with Gasteiger partial charge in [0.1, 0.15) is 11.7 Å². The molecule has 1 amide bonds. The predicted octanol–water partition coefficient (Wildman–Crippen LogP) is 2.76. The lowest BCUT2D eigenvalue weighted by Gasteiger charge is -2.15. The van der Waals surface area contributed by atoms with Gasteiger partial charge in [0, 0.05) is 24.1 Å². The van der Waals surface area contributed by atoms with Crippen LogP contribution < -0.4 is 15.6 Å². The Labute approximate surface area is 193 Å². The number of rotatable bonds is 7. The summed E-state index contributed by atoms with van der Waals surface area (Å²) in [7, 11) is -3.89. The molecule has 4 rings (SSSR count). The second-order valence-corrected chi connectivity index (χ2v) is 9.48. The van der Waals surface area contributed by atoms with Crippen molar-refractivity contribution in [2.45, 2.75) is 17.9 Å². The molecule has 0 bridgehead atoms. The summed E-state index contributed by atoms with van der Waals surface area (Å²) in [5, 5.41) is 8.89. The number of carbonyl (C=O) groups excluding carboxylic acids is 1. The van der Waals surface area contributed by atoms with Gasteiger partial charge in [-0.15, -0.1) is 11.3 Å². The van der Waals surface area contributed by atoms with E-state index in [2.05, 4.69) is 25.1 Å². The van der Waals surface area contributed by atoms with Crippen molar-refractivity contribution in [2.24, 2.45) is 0 Å². The fourth-order valence-electron chi connectivity index (χ4n) is 2.86. The predicted molar refractivity (Wildman–Crippen MR) is 124 cm³/mol. The maximum Gasteiger partial charge on any atom is 0.267 e. The second-order valence-electron chi connectivity index (χ2n) is 6.85. The van der Waals surface area contributed by atoms with Crippen LogP contribution in [0.15, 0.2) is 82.1 Å². The van der Waals surface area contributed by atoms with Crippen LogP contribution in [0.25, 0.3) is 10.6 Å². The van der Waals surface area contributed by atoms with E-state index in [1.807, 2.05) is 17.5 Å². The number of sulfonamides is 1. The molecule has 168 valence electrons. The van der Waals surface area contributed by atoms with Crippen LogP contribution in [0.5, 0.6) is 0 Å². The van der Waals surface area contributed by atoms with E-state index in [-0.39, 0.29) is 10.8 Å². The van der Waals surface area contributed by atoms with Gasteiger partial charge in [-0.1, -0.05) is 6.07 Å². The second kappa shape index (κ2) is 9.30. The Morgan fingerprint density at radius 2 is 1.76 bits per heavy atom. The Morgan fingerprint density at radius 1 is 1.03 bits per heavy atom. The van der Waals surface area contributed by atoms with E-state index in [0.717, 1.165) is 9.56 Å². The molecule has 10 nitrogen and oxygen atoms in total. The number of nitrogens with one attached hydrogen (secondary N) is 2. The molecule has 0 spiro atoms. The van der Waals surface area contributed by atoms with E-state index in [0.29, 0.717) is 11.4 Å². The minimum atomic E-state index is -3.89. The van der Waals surface area contributed by atoms with Gasteiger partial charge in [0.25, 0.3) is 15.6 Å². The van der Waals surface area contributed by atoms with Crippen molar-refractivity contribution in [3.8, 4) is 10.6 Å². The molecule has 2 N–H and O–H groups in total. The van der Waals surface area contributed by atoms with Gasteiger partial charge in [-0.2, -0.15) is 5.10 Å². The topological polar surface area (TPSA) is 136 Å². The van der Waals surface area contributed by atoms with E-state index in [9.17, 15) is 18.0 Å². The average Bonchev–Trinajstić information content (AvgIpc) is 3.35. The molecular formula is C21H18N6O4S2. The van der Waals surface area contributed by atoms with Gasteiger partial charge in [0.05, 0.1) is 9.77 Å². The normalized spacial score (nSPS) is 12.2. The molecule has 0 fully saturated rings. The fourth-order valence-corrected chi connectivity index (χ4v) is 4.51. The maximum atomic E-state index is 12.7. The highest BCUT2D eigenvalue weighted by atomic mass is 32.2. The minimum absolute atomic E-state index is 0.0254. The molecule has 0 aliphatic rings. The maximum absolute atomic E-state index is 12.7. The molecule has 1 unspecified atom stereocenters. The largest absolute Gasteiger partial charge is 0.324 e. The molecule has 0 radical (unpaired) electrons. The SMILES string of the molecule is CC(C(=O)Nc1ccc(S(=O)(=O)Nc2ncccn2)cc1)n1nc(-c2cccs2)ccc1=O. The average molecular weight is 483 g/mol. The highest BCUT2D eigenvalue weighted by Crippen LogP contribution is 2.22. The lowest BCUT2D eigenvalue weighted by Crippen LogP contribution is -2.33.